The van der Waals surface area contributed by atoms with Gasteiger partial charge in [0.1, 0.15) is 29.3 Å². The van der Waals surface area contributed by atoms with Crippen LogP contribution in [0.15, 0.2) is 55.0 Å². The van der Waals surface area contributed by atoms with Crippen LogP contribution in [0.2, 0.25) is 0 Å². The number of hydrogen-bond donors (Lipinski definition) is 2. The van der Waals surface area contributed by atoms with E-state index in [0.717, 1.165) is 30.6 Å². The Hall–Kier alpha value is -4.02. The van der Waals surface area contributed by atoms with E-state index in [0.29, 0.717) is 18.2 Å². The molecule has 6 nitrogen and oxygen atoms in total. The van der Waals surface area contributed by atoms with Crippen LogP contribution in [-0.4, -0.2) is 26.6 Å². The molecule has 0 unspecified atom stereocenters. The van der Waals surface area contributed by atoms with Gasteiger partial charge in [0.05, 0.1) is 10.9 Å². The van der Waals surface area contributed by atoms with Gasteiger partial charge in [0.15, 0.2) is 11.5 Å². The van der Waals surface area contributed by atoms with Crippen molar-refractivity contribution in [3.63, 3.8) is 0 Å². The van der Waals surface area contributed by atoms with Crippen LogP contribution in [0.5, 0.6) is 17.4 Å². The van der Waals surface area contributed by atoms with Crippen molar-refractivity contribution in [2.24, 2.45) is 0 Å². The fourth-order valence-electron chi connectivity index (χ4n) is 3.09. The molecule has 0 saturated carbocycles. The van der Waals surface area contributed by atoms with Crippen LogP contribution in [0.25, 0.3) is 10.9 Å². The number of aromatic nitrogens is 3. The Balaban J connectivity index is 1.41. The van der Waals surface area contributed by atoms with Gasteiger partial charge in [-0.15, -0.1) is 0 Å². The van der Waals surface area contributed by atoms with E-state index >= 15 is 0 Å². The van der Waals surface area contributed by atoms with Gasteiger partial charge in [0.2, 0.25) is 5.88 Å². The van der Waals surface area contributed by atoms with Crippen LogP contribution in [-0.2, 0) is 12.6 Å². The third kappa shape index (κ3) is 4.92. The van der Waals surface area contributed by atoms with Crippen LogP contribution in [0.1, 0.15) is 11.1 Å². The summed E-state index contributed by atoms with van der Waals surface area (Å²) < 4.78 is 71.2. The van der Waals surface area contributed by atoms with Crippen molar-refractivity contribution in [3.05, 3.63) is 77.8 Å². The number of halogens is 5. The highest BCUT2D eigenvalue weighted by molar-refractivity contribution is 5.89. The first-order valence-electron chi connectivity index (χ1n) is 9.58. The molecule has 2 aromatic heterocycles. The summed E-state index contributed by atoms with van der Waals surface area (Å²) in [5, 5.41) is 13.1. The Bertz CT molecular complexity index is 1300. The number of pyridine rings is 1. The topological polar surface area (TPSA) is 80.2 Å². The van der Waals surface area contributed by atoms with Crippen molar-refractivity contribution < 1.29 is 31.8 Å². The molecule has 11 heteroatoms. The number of rotatable bonds is 6. The number of aromatic hydroxyl groups is 1. The second-order valence-electron chi connectivity index (χ2n) is 6.94. The van der Waals surface area contributed by atoms with Crippen LogP contribution in [0.3, 0.4) is 0 Å². The van der Waals surface area contributed by atoms with Gasteiger partial charge in [-0.2, -0.15) is 13.2 Å². The molecule has 0 saturated heterocycles. The van der Waals surface area contributed by atoms with E-state index in [1.54, 1.807) is 6.07 Å². The summed E-state index contributed by atoms with van der Waals surface area (Å²) in [6.45, 7) is 0.280. The number of ether oxygens (including phenoxy) is 1. The second-order valence-corrected chi connectivity index (χ2v) is 6.94. The average molecular weight is 462 g/mol. The Morgan fingerprint density at radius 2 is 1.73 bits per heavy atom. The minimum atomic E-state index is -4.51. The normalized spacial score (nSPS) is 11.5. The van der Waals surface area contributed by atoms with Crippen molar-refractivity contribution in [2.45, 2.75) is 12.6 Å². The van der Waals surface area contributed by atoms with Crippen molar-refractivity contribution >= 4 is 16.7 Å². The predicted molar refractivity (Wildman–Crippen MR) is 109 cm³/mol. The van der Waals surface area contributed by atoms with E-state index < -0.39 is 23.4 Å². The van der Waals surface area contributed by atoms with Crippen LogP contribution < -0.4 is 10.1 Å². The molecule has 0 aliphatic heterocycles. The monoisotopic (exact) mass is 462 g/mol. The lowest BCUT2D eigenvalue weighted by molar-refractivity contribution is -0.137. The summed E-state index contributed by atoms with van der Waals surface area (Å²) in [6.07, 6.45) is -2.37. The fraction of sp³-hybridized carbons (Fsp3) is 0.136. The molecule has 2 aromatic carbocycles. The van der Waals surface area contributed by atoms with Crippen LogP contribution in [0, 0.1) is 11.6 Å². The quantitative estimate of drug-likeness (QED) is 0.370. The molecule has 0 amide bonds. The number of phenolic OH excluding ortho intramolecular Hbond substituents is 1. The van der Waals surface area contributed by atoms with E-state index in [-0.39, 0.29) is 40.6 Å². The van der Waals surface area contributed by atoms with E-state index in [2.05, 4.69) is 20.3 Å². The first-order chi connectivity index (χ1) is 15.7. The van der Waals surface area contributed by atoms with E-state index in [1.807, 2.05) is 0 Å². The Morgan fingerprint density at radius 1 is 0.939 bits per heavy atom. The molecule has 0 aliphatic carbocycles. The summed E-state index contributed by atoms with van der Waals surface area (Å²) in [7, 11) is 0. The third-order valence-corrected chi connectivity index (χ3v) is 4.70. The summed E-state index contributed by atoms with van der Waals surface area (Å²) in [5.41, 5.74) is -0.373. The maximum Gasteiger partial charge on any atom is 0.417 e. The van der Waals surface area contributed by atoms with Gasteiger partial charge in [0.25, 0.3) is 0 Å². The number of nitrogens with one attached hydrogen (secondary N) is 1. The lowest BCUT2D eigenvalue weighted by Gasteiger charge is -2.11. The molecule has 33 heavy (non-hydrogen) atoms. The molecule has 0 fully saturated rings. The molecule has 0 radical (unpaired) electrons. The average Bonchev–Trinajstić information content (AvgIpc) is 2.78. The Kier molecular flexibility index (Phi) is 5.95. The lowest BCUT2D eigenvalue weighted by Crippen LogP contribution is -2.08. The zero-order valence-electron chi connectivity index (χ0n) is 16.7. The second kappa shape index (κ2) is 8.85. The molecule has 2 heterocycles. The smallest absolute Gasteiger partial charge is 0.417 e. The minimum Gasteiger partial charge on any atom is -0.504 e. The largest absolute Gasteiger partial charge is 0.504 e. The van der Waals surface area contributed by atoms with Gasteiger partial charge in [-0.1, -0.05) is 6.07 Å². The molecular formula is C22H15F5N4O2. The highest BCUT2D eigenvalue weighted by Crippen LogP contribution is 2.33. The zero-order chi connectivity index (χ0) is 23.6. The molecule has 2 N–H and O–H groups in total. The molecular weight excluding hydrogens is 447 g/mol. The highest BCUT2D eigenvalue weighted by atomic mass is 19.4. The fourth-order valence-corrected chi connectivity index (χ4v) is 3.09. The molecule has 170 valence electrons. The summed E-state index contributed by atoms with van der Waals surface area (Å²) in [6, 6.07) is 8.35. The van der Waals surface area contributed by atoms with Crippen molar-refractivity contribution in [1.82, 2.24) is 15.0 Å². The maximum atomic E-state index is 14.1. The molecule has 0 bridgehead atoms. The number of nitrogens with zero attached hydrogens (tertiary/aromatic N) is 3. The van der Waals surface area contributed by atoms with Gasteiger partial charge in [-0.25, -0.2) is 23.7 Å². The maximum absolute atomic E-state index is 14.1. The molecule has 0 spiro atoms. The number of benzene rings is 2. The number of anilines is 1. The van der Waals surface area contributed by atoms with Gasteiger partial charge in [0, 0.05) is 18.8 Å². The van der Waals surface area contributed by atoms with Gasteiger partial charge >= 0.3 is 6.18 Å². The Labute approximate surface area is 183 Å². The van der Waals surface area contributed by atoms with Crippen LogP contribution >= 0.6 is 0 Å². The first kappa shape index (κ1) is 22.2. The molecule has 4 rings (SSSR count). The van der Waals surface area contributed by atoms with Gasteiger partial charge in [-0.3, -0.25) is 0 Å². The lowest BCUT2D eigenvalue weighted by atomic mass is 10.1. The highest BCUT2D eigenvalue weighted by Gasteiger charge is 2.30. The van der Waals surface area contributed by atoms with E-state index in [4.69, 9.17) is 4.74 Å². The van der Waals surface area contributed by atoms with E-state index in [1.165, 1.54) is 12.1 Å². The molecule has 4 aromatic rings. The molecule has 0 atom stereocenters. The molecule has 0 aliphatic rings. The number of fused-ring (bicyclic) bond motifs is 1. The van der Waals surface area contributed by atoms with Gasteiger partial charge in [-0.05, 0) is 42.3 Å². The summed E-state index contributed by atoms with van der Waals surface area (Å²) >= 11 is 0. The summed E-state index contributed by atoms with van der Waals surface area (Å²) in [5.74, 6) is -1.54. The van der Waals surface area contributed by atoms with Crippen molar-refractivity contribution in [3.8, 4) is 17.4 Å². The third-order valence-electron chi connectivity index (χ3n) is 4.70. The number of phenols is 1. The zero-order valence-corrected chi connectivity index (χ0v) is 16.7. The Morgan fingerprint density at radius 3 is 2.42 bits per heavy atom. The van der Waals surface area contributed by atoms with Crippen molar-refractivity contribution in [1.29, 1.82) is 0 Å². The standard InChI is InChI=1S/C22H15F5N4O2/c23-14-3-4-15(24)20-19(14)21(31-11-30-20)28-8-7-12-1-5-17(16(32)9-12)33-18-6-2-13(10-29-18)22(25,26)27/h1-6,9-11,32H,7-8H2,(H,28,30,31). The van der Waals surface area contributed by atoms with Crippen molar-refractivity contribution in [2.75, 3.05) is 11.9 Å². The van der Waals surface area contributed by atoms with Crippen LogP contribution in [0.4, 0.5) is 27.8 Å². The summed E-state index contributed by atoms with van der Waals surface area (Å²) in [4.78, 5) is 11.3. The number of alkyl halides is 3. The predicted octanol–water partition coefficient (Wildman–Crippen LogP) is 5.47. The van der Waals surface area contributed by atoms with E-state index in [9.17, 15) is 27.1 Å². The number of hydrogen-bond acceptors (Lipinski definition) is 6. The minimum absolute atomic E-state index is 0.0123. The SMILES string of the molecule is Oc1cc(CCNc2ncnc3c(F)ccc(F)c23)ccc1Oc1ccc(C(F)(F)F)cn1. The van der Waals surface area contributed by atoms with Gasteiger partial charge < -0.3 is 15.2 Å². The first-order valence-corrected chi connectivity index (χ1v) is 9.58.